The van der Waals surface area contributed by atoms with Gasteiger partial charge in [0.2, 0.25) is 5.91 Å². The summed E-state index contributed by atoms with van der Waals surface area (Å²) in [5.74, 6) is 0.893. The Labute approximate surface area is 123 Å². The lowest BCUT2D eigenvalue weighted by Crippen LogP contribution is -2.48. The monoisotopic (exact) mass is 298 g/mol. The summed E-state index contributed by atoms with van der Waals surface area (Å²) in [5, 5.41) is 3.17. The summed E-state index contributed by atoms with van der Waals surface area (Å²) >= 11 is 6.12. The highest BCUT2D eigenvalue weighted by Gasteiger charge is 2.34. The zero-order valence-corrected chi connectivity index (χ0v) is 12.4. The molecule has 5 nitrogen and oxygen atoms in total. The molecule has 20 heavy (non-hydrogen) atoms. The van der Waals surface area contributed by atoms with Crippen LogP contribution in [0.3, 0.4) is 0 Å². The van der Waals surface area contributed by atoms with Crippen LogP contribution in [0.1, 0.15) is 25.7 Å². The molecule has 1 amide bonds. The minimum Gasteiger partial charge on any atom is -0.493 e. The molecule has 1 fully saturated rings. The van der Waals surface area contributed by atoms with Crippen LogP contribution < -0.4 is 20.5 Å². The number of anilines is 1. The topological polar surface area (TPSA) is 73.6 Å². The van der Waals surface area contributed by atoms with E-state index in [0.29, 0.717) is 28.6 Å². The molecule has 0 spiro atoms. The van der Waals surface area contributed by atoms with Crippen LogP contribution in [-0.4, -0.2) is 25.7 Å². The van der Waals surface area contributed by atoms with Crippen molar-refractivity contribution in [3.63, 3.8) is 0 Å². The Kier molecular flexibility index (Phi) is 4.40. The maximum atomic E-state index is 12.0. The molecule has 0 heterocycles. The van der Waals surface area contributed by atoms with E-state index in [1.807, 2.05) is 0 Å². The summed E-state index contributed by atoms with van der Waals surface area (Å²) in [5.41, 5.74) is 6.20. The molecule has 3 N–H and O–H groups in total. The highest BCUT2D eigenvalue weighted by molar-refractivity contribution is 6.34. The standard InChI is InChI=1S/C14H19ClN2O3/c1-19-11-6-9(15)10(7-12(11)20-2)17-13(18)8-14(16)4-3-5-14/h6-7H,3-5,8,16H2,1-2H3,(H,17,18). The number of hydrogen-bond acceptors (Lipinski definition) is 4. The molecule has 1 aliphatic rings. The predicted octanol–water partition coefficient (Wildman–Crippen LogP) is 2.57. The fraction of sp³-hybridized carbons (Fsp3) is 0.500. The molecule has 0 unspecified atom stereocenters. The third-order valence-corrected chi connectivity index (χ3v) is 3.92. The quantitative estimate of drug-likeness (QED) is 0.876. The number of carbonyl (C=O) groups is 1. The van der Waals surface area contributed by atoms with E-state index >= 15 is 0 Å². The van der Waals surface area contributed by atoms with Gasteiger partial charge in [0.1, 0.15) is 0 Å². The van der Waals surface area contributed by atoms with E-state index < -0.39 is 0 Å². The first-order valence-electron chi connectivity index (χ1n) is 6.48. The maximum Gasteiger partial charge on any atom is 0.226 e. The molecule has 2 rings (SSSR count). The third-order valence-electron chi connectivity index (χ3n) is 3.61. The first-order chi connectivity index (χ1) is 9.47. The van der Waals surface area contributed by atoms with Crippen molar-refractivity contribution in [3.8, 4) is 11.5 Å². The lowest BCUT2D eigenvalue weighted by atomic mass is 9.75. The summed E-state index contributed by atoms with van der Waals surface area (Å²) in [6.07, 6.45) is 3.17. The highest BCUT2D eigenvalue weighted by Crippen LogP contribution is 2.37. The van der Waals surface area contributed by atoms with Crippen molar-refractivity contribution < 1.29 is 14.3 Å². The fourth-order valence-electron chi connectivity index (χ4n) is 2.27. The van der Waals surface area contributed by atoms with Crippen LogP contribution in [0.2, 0.25) is 5.02 Å². The zero-order valence-electron chi connectivity index (χ0n) is 11.7. The van der Waals surface area contributed by atoms with Gasteiger partial charge in [-0.05, 0) is 19.3 Å². The molecule has 1 aliphatic carbocycles. The van der Waals surface area contributed by atoms with Gasteiger partial charge in [0.15, 0.2) is 11.5 Å². The van der Waals surface area contributed by atoms with Gasteiger partial charge in [-0.1, -0.05) is 11.6 Å². The van der Waals surface area contributed by atoms with E-state index in [0.717, 1.165) is 19.3 Å². The predicted molar refractivity (Wildman–Crippen MR) is 78.6 cm³/mol. The number of amides is 1. The number of carbonyl (C=O) groups excluding carboxylic acids is 1. The first kappa shape index (κ1) is 14.9. The van der Waals surface area contributed by atoms with Crippen LogP contribution in [0.5, 0.6) is 11.5 Å². The minimum atomic E-state index is -0.354. The molecule has 6 heteroatoms. The smallest absolute Gasteiger partial charge is 0.226 e. The Morgan fingerprint density at radius 1 is 1.35 bits per heavy atom. The van der Waals surface area contributed by atoms with Crippen molar-refractivity contribution in [1.82, 2.24) is 0 Å². The Morgan fingerprint density at radius 3 is 2.45 bits per heavy atom. The zero-order chi connectivity index (χ0) is 14.8. The Balaban J connectivity index is 2.10. The third kappa shape index (κ3) is 3.16. The van der Waals surface area contributed by atoms with E-state index in [1.54, 1.807) is 12.1 Å². The lowest BCUT2D eigenvalue weighted by Gasteiger charge is -2.37. The Hall–Kier alpha value is -1.46. The van der Waals surface area contributed by atoms with Crippen LogP contribution in [-0.2, 0) is 4.79 Å². The number of methoxy groups -OCH3 is 2. The molecule has 1 aromatic carbocycles. The molecule has 0 atom stereocenters. The van der Waals surface area contributed by atoms with Crippen LogP contribution in [0.15, 0.2) is 12.1 Å². The minimum absolute atomic E-state index is 0.138. The van der Waals surface area contributed by atoms with E-state index in [4.69, 9.17) is 26.8 Å². The van der Waals surface area contributed by atoms with Crippen molar-refractivity contribution in [3.05, 3.63) is 17.2 Å². The van der Waals surface area contributed by atoms with E-state index in [2.05, 4.69) is 5.32 Å². The van der Waals surface area contributed by atoms with E-state index in [9.17, 15) is 4.79 Å². The van der Waals surface area contributed by atoms with Gasteiger partial charge in [0.05, 0.1) is 24.9 Å². The Bertz CT molecular complexity index is 515. The van der Waals surface area contributed by atoms with E-state index in [1.165, 1.54) is 14.2 Å². The number of hydrogen-bond donors (Lipinski definition) is 2. The van der Waals surface area contributed by atoms with Gasteiger partial charge in [-0.15, -0.1) is 0 Å². The van der Waals surface area contributed by atoms with Crippen molar-refractivity contribution in [2.45, 2.75) is 31.2 Å². The number of nitrogens with one attached hydrogen (secondary N) is 1. The number of halogens is 1. The second kappa shape index (κ2) is 5.89. The van der Waals surface area contributed by atoms with Crippen LogP contribution >= 0.6 is 11.6 Å². The van der Waals surface area contributed by atoms with Crippen LogP contribution in [0.25, 0.3) is 0 Å². The second-order valence-electron chi connectivity index (χ2n) is 5.13. The molecule has 110 valence electrons. The average molecular weight is 299 g/mol. The van der Waals surface area contributed by atoms with Crippen LogP contribution in [0, 0.1) is 0 Å². The second-order valence-corrected chi connectivity index (χ2v) is 5.54. The fourth-order valence-corrected chi connectivity index (χ4v) is 2.47. The molecule has 1 saturated carbocycles. The number of benzene rings is 1. The van der Waals surface area contributed by atoms with E-state index in [-0.39, 0.29) is 11.4 Å². The summed E-state index contributed by atoms with van der Waals surface area (Å²) in [4.78, 5) is 12.0. The van der Waals surface area contributed by atoms with Gasteiger partial charge in [0.25, 0.3) is 0 Å². The molecular weight excluding hydrogens is 280 g/mol. The highest BCUT2D eigenvalue weighted by atomic mass is 35.5. The number of rotatable bonds is 5. The largest absolute Gasteiger partial charge is 0.493 e. The Morgan fingerprint density at radius 2 is 1.95 bits per heavy atom. The van der Waals surface area contributed by atoms with Gasteiger partial charge in [-0.3, -0.25) is 4.79 Å². The molecule has 0 aromatic heterocycles. The number of nitrogens with two attached hydrogens (primary N) is 1. The number of ether oxygens (including phenoxy) is 2. The van der Waals surface area contributed by atoms with Crippen molar-refractivity contribution >= 4 is 23.2 Å². The van der Waals surface area contributed by atoms with Crippen molar-refractivity contribution in [2.24, 2.45) is 5.73 Å². The van der Waals surface area contributed by atoms with Gasteiger partial charge in [0, 0.05) is 24.1 Å². The summed E-state index contributed by atoms with van der Waals surface area (Å²) in [7, 11) is 3.06. The summed E-state index contributed by atoms with van der Waals surface area (Å²) in [6.45, 7) is 0. The summed E-state index contributed by atoms with van der Waals surface area (Å²) < 4.78 is 10.3. The van der Waals surface area contributed by atoms with Crippen molar-refractivity contribution in [2.75, 3.05) is 19.5 Å². The molecule has 0 radical (unpaired) electrons. The van der Waals surface area contributed by atoms with Crippen molar-refractivity contribution in [1.29, 1.82) is 0 Å². The SMILES string of the molecule is COc1cc(Cl)c(NC(=O)CC2(N)CCC2)cc1OC. The first-order valence-corrected chi connectivity index (χ1v) is 6.85. The molecule has 0 saturated heterocycles. The van der Waals surface area contributed by atoms with Gasteiger partial charge >= 0.3 is 0 Å². The maximum absolute atomic E-state index is 12.0. The molecule has 1 aromatic rings. The normalized spacial score (nSPS) is 16.2. The van der Waals surface area contributed by atoms with Gasteiger partial charge in [-0.25, -0.2) is 0 Å². The molecular formula is C14H19ClN2O3. The lowest BCUT2D eigenvalue weighted by molar-refractivity contribution is -0.118. The summed E-state index contributed by atoms with van der Waals surface area (Å²) in [6, 6.07) is 3.25. The molecule has 0 bridgehead atoms. The van der Waals surface area contributed by atoms with Crippen LogP contribution in [0.4, 0.5) is 5.69 Å². The average Bonchev–Trinajstić information content (AvgIpc) is 2.38. The molecule has 0 aliphatic heterocycles. The van der Waals surface area contributed by atoms with Gasteiger partial charge in [-0.2, -0.15) is 0 Å². The van der Waals surface area contributed by atoms with Gasteiger partial charge < -0.3 is 20.5 Å².